The van der Waals surface area contributed by atoms with E-state index < -0.39 is 40.0 Å². The molecule has 0 aromatic heterocycles. The number of nitro groups is 1. The van der Waals surface area contributed by atoms with Crippen LogP contribution in [0.15, 0.2) is 60.7 Å². The predicted molar refractivity (Wildman–Crippen MR) is 112 cm³/mol. The van der Waals surface area contributed by atoms with E-state index in [1.54, 1.807) is 0 Å². The summed E-state index contributed by atoms with van der Waals surface area (Å²) in [5.74, 6) is -2.30. The molecule has 0 aliphatic carbocycles. The molecule has 0 saturated carbocycles. The van der Waals surface area contributed by atoms with Gasteiger partial charge in [-0.25, -0.2) is 4.39 Å². The Morgan fingerprint density at radius 1 is 0.939 bits per heavy atom. The van der Waals surface area contributed by atoms with Crippen molar-refractivity contribution >= 4 is 28.9 Å². The summed E-state index contributed by atoms with van der Waals surface area (Å²) in [5.41, 5.74) is -2.53. The van der Waals surface area contributed by atoms with Gasteiger partial charge in [-0.2, -0.15) is 13.2 Å². The molecule has 0 radical (unpaired) electrons. The fraction of sp³-hybridized carbons (Fsp3) is 0.0909. The number of halogens is 4. The van der Waals surface area contributed by atoms with E-state index in [4.69, 9.17) is 0 Å². The highest BCUT2D eigenvalue weighted by Crippen LogP contribution is 2.37. The van der Waals surface area contributed by atoms with Crippen molar-refractivity contribution in [2.24, 2.45) is 0 Å². The number of nitro benzene ring substituents is 1. The number of nitrogens with one attached hydrogen (secondary N) is 2. The van der Waals surface area contributed by atoms with Crippen LogP contribution in [0.2, 0.25) is 0 Å². The quantitative estimate of drug-likeness (QED) is 0.295. The molecule has 0 unspecified atom stereocenters. The van der Waals surface area contributed by atoms with Crippen molar-refractivity contribution in [3.8, 4) is 0 Å². The van der Waals surface area contributed by atoms with Gasteiger partial charge in [0.15, 0.2) is 0 Å². The van der Waals surface area contributed by atoms with Gasteiger partial charge in [-0.1, -0.05) is 6.07 Å². The Morgan fingerprint density at radius 2 is 1.61 bits per heavy atom. The molecular formula is C22H15F4N3O4. The second-order valence-corrected chi connectivity index (χ2v) is 6.88. The molecule has 7 nitrogen and oxygen atoms in total. The maximum atomic E-state index is 13.6. The van der Waals surface area contributed by atoms with Crippen molar-refractivity contribution < 1.29 is 32.1 Å². The lowest BCUT2D eigenvalue weighted by molar-refractivity contribution is -0.385. The van der Waals surface area contributed by atoms with Crippen LogP contribution in [0.3, 0.4) is 0 Å². The lowest BCUT2D eigenvalue weighted by Gasteiger charge is -2.16. The molecule has 0 saturated heterocycles. The normalized spacial score (nSPS) is 11.1. The molecule has 0 aliphatic rings. The van der Waals surface area contributed by atoms with E-state index in [2.05, 4.69) is 10.6 Å². The highest BCUT2D eigenvalue weighted by atomic mass is 19.4. The number of nitrogens with zero attached hydrogens (tertiary/aromatic N) is 1. The highest BCUT2D eigenvalue weighted by Gasteiger charge is 2.35. The maximum absolute atomic E-state index is 13.6. The number of amides is 2. The standard InChI is InChI=1S/C22H15F4N3O4/c1-12-16(3-2-4-19(12)29(32)33)21(31)28-18-10-9-15(11-17(18)22(24,25)26)27-20(30)13-5-7-14(23)8-6-13/h2-11H,1H3,(H,27,30)(H,28,31). The maximum Gasteiger partial charge on any atom is 0.418 e. The van der Waals surface area contributed by atoms with Crippen LogP contribution in [0.5, 0.6) is 0 Å². The number of benzene rings is 3. The minimum atomic E-state index is -4.89. The van der Waals surface area contributed by atoms with Crippen molar-refractivity contribution in [2.75, 3.05) is 10.6 Å². The van der Waals surface area contributed by atoms with Gasteiger partial charge in [-0.05, 0) is 55.5 Å². The van der Waals surface area contributed by atoms with Gasteiger partial charge in [0.1, 0.15) is 5.82 Å². The Morgan fingerprint density at radius 3 is 2.21 bits per heavy atom. The first kappa shape index (κ1) is 23.4. The van der Waals surface area contributed by atoms with Gasteiger partial charge in [0.25, 0.3) is 17.5 Å². The predicted octanol–water partition coefficient (Wildman–Crippen LogP) is 5.57. The van der Waals surface area contributed by atoms with Gasteiger partial charge in [0.05, 0.1) is 16.2 Å². The van der Waals surface area contributed by atoms with Gasteiger partial charge in [0.2, 0.25) is 0 Å². The summed E-state index contributed by atoms with van der Waals surface area (Å²) in [6, 6.07) is 10.8. The minimum Gasteiger partial charge on any atom is -0.322 e. The Balaban J connectivity index is 1.89. The number of carbonyl (C=O) groups is 2. The van der Waals surface area contributed by atoms with Crippen LogP contribution in [-0.2, 0) is 6.18 Å². The minimum absolute atomic E-state index is 0.00302. The second-order valence-electron chi connectivity index (χ2n) is 6.88. The van der Waals surface area contributed by atoms with Gasteiger partial charge in [-0.3, -0.25) is 19.7 Å². The van der Waals surface area contributed by atoms with Crippen LogP contribution in [0, 0.1) is 22.9 Å². The van der Waals surface area contributed by atoms with E-state index in [0.717, 1.165) is 24.3 Å². The first-order chi connectivity index (χ1) is 15.5. The van der Waals surface area contributed by atoms with Crippen LogP contribution in [0.4, 0.5) is 34.6 Å². The topological polar surface area (TPSA) is 101 Å². The van der Waals surface area contributed by atoms with Crippen LogP contribution in [-0.4, -0.2) is 16.7 Å². The molecule has 33 heavy (non-hydrogen) atoms. The van der Waals surface area contributed by atoms with E-state index in [-0.39, 0.29) is 28.1 Å². The molecule has 2 N–H and O–H groups in total. The summed E-state index contributed by atoms with van der Waals surface area (Å²) in [7, 11) is 0. The monoisotopic (exact) mass is 461 g/mol. The average molecular weight is 461 g/mol. The smallest absolute Gasteiger partial charge is 0.322 e. The molecule has 0 bridgehead atoms. The van der Waals surface area contributed by atoms with Crippen LogP contribution < -0.4 is 10.6 Å². The molecule has 0 atom stereocenters. The van der Waals surface area contributed by atoms with E-state index in [1.165, 1.54) is 37.3 Å². The summed E-state index contributed by atoms with van der Waals surface area (Å²) in [4.78, 5) is 35.1. The van der Waals surface area contributed by atoms with Crippen molar-refractivity contribution in [1.82, 2.24) is 0 Å². The third-order valence-corrected chi connectivity index (χ3v) is 4.68. The van der Waals surface area contributed by atoms with Crippen LogP contribution in [0.1, 0.15) is 31.8 Å². The summed E-state index contributed by atoms with van der Waals surface area (Å²) < 4.78 is 53.9. The first-order valence-electron chi connectivity index (χ1n) is 9.31. The van der Waals surface area contributed by atoms with Gasteiger partial charge < -0.3 is 10.6 Å². The van der Waals surface area contributed by atoms with Crippen molar-refractivity contribution in [3.63, 3.8) is 0 Å². The summed E-state index contributed by atoms with van der Waals surface area (Å²) in [6.45, 7) is 1.31. The lowest BCUT2D eigenvalue weighted by atomic mass is 10.1. The molecule has 3 aromatic rings. The molecule has 2 amide bonds. The molecule has 0 heterocycles. The summed E-state index contributed by atoms with van der Waals surface area (Å²) in [5, 5.41) is 15.5. The van der Waals surface area contributed by atoms with E-state index in [0.29, 0.717) is 6.07 Å². The molecule has 0 fully saturated rings. The molecule has 170 valence electrons. The number of hydrogen-bond acceptors (Lipinski definition) is 4. The Bertz CT molecular complexity index is 1240. The molecule has 3 rings (SSSR count). The van der Waals surface area contributed by atoms with Crippen molar-refractivity contribution in [1.29, 1.82) is 0 Å². The van der Waals surface area contributed by atoms with E-state index >= 15 is 0 Å². The zero-order valence-corrected chi connectivity index (χ0v) is 16.9. The fourth-order valence-corrected chi connectivity index (χ4v) is 3.03. The molecular weight excluding hydrogens is 446 g/mol. The molecule has 3 aromatic carbocycles. The number of alkyl halides is 3. The summed E-state index contributed by atoms with van der Waals surface area (Å²) >= 11 is 0. The molecule has 0 aliphatic heterocycles. The SMILES string of the molecule is Cc1c(C(=O)Nc2ccc(NC(=O)c3ccc(F)cc3)cc2C(F)(F)F)cccc1[N+](=O)[O-]. The second kappa shape index (κ2) is 9.07. The van der Waals surface area contributed by atoms with Crippen molar-refractivity contribution in [3.05, 3.63) is 98.8 Å². The zero-order chi connectivity index (χ0) is 24.3. The third kappa shape index (κ3) is 5.32. The van der Waals surface area contributed by atoms with Crippen LogP contribution in [0.25, 0.3) is 0 Å². The number of anilines is 2. The number of carbonyl (C=O) groups excluding carboxylic acids is 2. The third-order valence-electron chi connectivity index (χ3n) is 4.68. The van der Waals surface area contributed by atoms with Crippen LogP contribution >= 0.6 is 0 Å². The van der Waals surface area contributed by atoms with E-state index in [1.807, 2.05) is 0 Å². The molecule has 11 heteroatoms. The van der Waals surface area contributed by atoms with Gasteiger partial charge >= 0.3 is 6.18 Å². The zero-order valence-electron chi connectivity index (χ0n) is 16.9. The largest absolute Gasteiger partial charge is 0.418 e. The molecule has 0 spiro atoms. The number of rotatable bonds is 5. The van der Waals surface area contributed by atoms with Gasteiger partial charge in [0, 0.05) is 28.4 Å². The fourth-order valence-electron chi connectivity index (χ4n) is 3.03. The first-order valence-corrected chi connectivity index (χ1v) is 9.31. The Hall–Kier alpha value is -4.28. The lowest BCUT2D eigenvalue weighted by Crippen LogP contribution is -2.19. The Labute approximate surface area is 184 Å². The summed E-state index contributed by atoms with van der Waals surface area (Å²) in [6.07, 6.45) is -4.89. The Kier molecular flexibility index (Phi) is 6.43. The number of hydrogen-bond donors (Lipinski definition) is 2. The van der Waals surface area contributed by atoms with E-state index in [9.17, 15) is 37.3 Å². The van der Waals surface area contributed by atoms with Gasteiger partial charge in [-0.15, -0.1) is 0 Å². The average Bonchev–Trinajstić information content (AvgIpc) is 2.74. The van der Waals surface area contributed by atoms with Crippen molar-refractivity contribution in [2.45, 2.75) is 13.1 Å². The highest BCUT2D eigenvalue weighted by molar-refractivity contribution is 6.07.